The summed E-state index contributed by atoms with van der Waals surface area (Å²) in [6.45, 7) is 2.04. The van der Waals surface area contributed by atoms with E-state index < -0.39 is 5.79 Å². The second-order valence-corrected chi connectivity index (χ2v) is 4.82. The van der Waals surface area contributed by atoms with Crippen LogP contribution in [0, 0.1) is 0 Å². The van der Waals surface area contributed by atoms with Gasteiger partial charge in [-0.15, -0.1) is 0 Å². The van der Waals surface area contributed by atoms with Gasteiger partial charge < -0.3 is 5.43 Å². The van der Waals surface area contributed by atoms with Gasteiger partial charge in [-0.05, 0) is 38.7 Å². The molecule has 6 nitrogen and oxygen atoms in total. The highest BCUT2D eigenvalue weighted by molar-refractivity contribution is 6.26. The fourth-order valence-corrected chi connectivity index (χ4v) is 2.14. The van der Waals surface area contributed by atoms with Crippen LogP contribution in [0.2, 0.25) is 0 Å². The normalized spacial score (nSPS) is 24.9. The van der Waals surface area contributed by atoms with Gasteiger partial charge in [0.1, 0.15) is 6.34 Å². The topological polar surface area (TPSA) is 56.1 Å². The summed E-state index contributed by atoms with van der Waals surface area (Å²) in [5, 5.41) is 1.96. The highest BCUT2D eigenvalue weighted by Gasteiger charge is 2.41. The Bertz CT molecular complexity index is 574. The minimum atomic E-state index is -0.484. The molecule has 0 bridgehead atoms. The lowest BCUT2D eigenvalue weighted by atomic mass is 10.1. The summed E-state index contributed by atoms with van der Waals surface area (Å²) >= 11 is 0. The standard InChI is InChI=1S/C13H16N6/c1-13(18(2)3)16-9-15-12-11(8-17-19(12)13)10-4-6-14-7-5-10/h4-9,17H,1-3H3. The molecule has 1 aromatic heterocycles. The highest BCUT2D eigenvalue weighted by Crippen LogP contribution is 2.30. The molecule has 98 valence electrons. The number of hydrogen-bond donors (Lipinski definition) is 1. The molecule has 3 heterocycles. The summed E-state index contributed by atoms with van der Waals surface area (Å²) in [7, 11) is 3.98. The highest BCUT2D eigenvalue weighted by atomic mass is 15.7. The maximum Gasteiger partial charge on any atom is 0.207 e. The lowest BCUT2D eigenvalue weighted by Gasteiger charge is -2.42. The zero-order chi connectivity index (χ0) is 13.5. The van der Waals surface area contributed by atoms with Gasteiger partial charge >= 0.3 is 0 Å². The van der Waals surface area contributed by atoms with E-state index in [0.29, 0.717) is 0 Å². The van der Waals surface area contributed by atoms with Crippen LogP contribution in [0.5, 0.6) is 0 Å². The number of hydrazine groups is 1. The Labute approximate surface area is 112 Å². The Kier molecular flexibility index (Phi) is 2.60. The molecule has 1 unspecified atom stereocenters. The number of hydrogen-bond acceptors (Lipinski definition) is 6. The summed E-state index contributed by atoms with van der Waals surface area (Å²) in [5.74, 6) is 0.389. The van der Waals surface area contributed by atoms with Gasteiger partial charge in [-0.3, -0.25) is 9.88 Å². The minimum absolute atomic E-state index is 0.484. The monoisotopic (exact) mass is 256 g/mol. The van der Waals surface area contributed by atoms with E-state index in [1.165, 1.54) is 0 Å². The van der Waals surface area contributed by atoms with Crippen molar-refractivity contribution in [3.8, 4) is 0 Å². The summed E-state index contributed by atoms with van der Waals surface area (Å²) in [5.41, 5.74) is 5.37. The van der Waals surface area contributed by atoms with Crippen LogP contribution in [0.1, 0.15) is 12.5 Å². The molecule has 3 rings (SSSR count). The van der Waals surface area contributed by atoms with Crippen molar-refractivity contribution in [1.82, 2.24) is 20.3 Å². The van der Waals surface area contributed by atoms with Crippen molar-refractivity contribution in [2.24, 2.45) is 9.98 Å². The zero-order valence-electron chi connectivity index (χ0n) is 11.2. The van der Waals surface area contributed by atoms with Crippen LogP contribution in [0.3, 0.4) is 0 Å². The van der Waals surface area contributed by atoms with E-state index in [2.05, 4.69) is 20.4 Å². The molecule has 1 N–H and O–H groups in total. The second-order valence-electron chi connectivity index (χ2n) is 4.82. The Morgan fingerprint density at radius 3 is 2.68 bits per heavy atom. The van der Waals surface area contributed by atoms with Gasteiger partial charge in [0.2, 0.25) is 5.79 Å². The summed E-state index contributed by atoms with van der Waals surface area (Å²) in [6.07, 6.45) is 7.13. The lowest BCUT2D eigenvalue weighted by molar-refractivity contribution is 0.0244. The number of rotatable bonds is 2. The Balaban J connectivity index is 1.99. The van der Waals surface area contributed by atoms with E-state index in [-0.39, 0.29) is 0 Å². The average molecular weight is 256 g/mol. The Hall–Kier alpha value is -2.21. The van der Waals surface area contributed by atoms with Gasteiger partial charge in [-0.25, -0.2) is 15.0 Å². The van der Waals surface area contributed by atoms with Crippen LogP contribution in [-0.4, -0.2) is 46.9 Å². The van der Waals surface area contributed by atoms with Crippen molar-refractivity contribution in [2.45, 2.75) is 12.7 Å². The molecule has 6 heteroatoms. The minimum Gasteiger partial charge on any atom is -0.300 e. The molecule has 2 aliphatic rings. The van der Waals surface area contributed by atoms with E-state index >= 15 is 0 Å². The molecule has 1 aromatic rings. The Morgan fingerprint density at radius 1 is 1.26 bits per heavy atom. The molecule has 0 radical (unpaired) electrons. The third-order valence-electron chi connectivity index (χ3n) is 3.54. The van der Waals surface area contributed by atoms with Gasteiger partial charge in [-0.1, -0.05) is 0 Å². The van der Waals surface area contributed by atoms with Crippen molar-refractivity contribution in [3.63, 3.8) is 0 Å². The molecular formula is C13H16N6. The van der Waals surface area contributed by atoms with Gasteiger partial charge in [0.05, 0.1) is 0 Å². The molecule has 0 saturated carbocycles. The Morgan fingerprint density at radius 2 is 2.00 bits per heavy atom. The number of aliphatic imine (C=N–C) groups is 2. The molecule has 0 aromatic carbocycles. The maximum atomic E-state index is 4.46. The summed E-state index contributed by atoms with van der Waals surface area (Å²) < 4.78 is 0. The van der Waals surface area contributed by atoms with Gasteiger partial charge in [-0.2, -0.15) is 0 Å². The third kappa shape index (κ3) is 1.72. The average Bonchev–Trinajstić information content (AvgIpc) is 2.85. The fraction of sp³-hybridized carbons (Fsp3) is 0.308. The van der Waals surface area contributed by atoms with Crippen molar-refractivity contribution in [2.75, 3.05) is 14.1 Å². The van der Waals surface area contributed by atoms with Crippen molar-refractivity contribution < 1.29 is 0 Å². The molecule has 19 heavy (non-hydrogen) atoms. The number of fused-ring (bicyclic) bond motifs is 1. The van der Waals surface area contributed by atoms with Gasteiger partial charge in [0.15, 0.2) is 5.84 Å². The molecule has 1 atom stereocenters. The van der Waals surface area contributed by atoms with Crippen LogP contribution >= 0.6 is 0 Å². The molecule has 0 saturated heterocycles. The second kappa shape index (κ2) is 4.17. The van der Waals surface area contributed by atoms with E-state index in [0.717, 1.165) is 17.0 Å². The van der Waals surface area contributed by atoms with E-state index in [1.807, 2.05) is 49.3 Å². The number of nitrogens with zero attached hydrogens (tertiary/aromatic N) is 5. The van der Waals surface area contributed by atoms with Crippen LogP contribution in [-0.2, 0) is 0 Å². The lowest BCUT2D eigenvalue weighted by Crippen LogP contribution is -2.60. The van der Waals surface area contributed by atoms with E-state index in [9.17, 15) is 0 Å². The molecular weight excluding hydrogens is 240 g/mol. The van der Waals surface area contributed by atoms with Gasteiger partial charge in [0.25, 0.3) is 0 Å². The number of aromatic nitrogens is 1. The van der Waals surface area contributed by atoms with Gasteiger partial charge in [0, 0.05) is 24.2 Å². The van der Waals surface area contributed by atoms with Crippen molar-refractivity contribution >= 4 is 17.7 Å². The smallest absolute Gasteiger partial charge is 0.207 e. The molecule has 0 aliphatic carbocycles. The van der Waals surface area contributed by atoms with E-state index in [1.54, 1.807) is 18.7 Å². The third-order valence-corrected chi connectivity index (χ3v) is 3.54. The largest absolute Gasteiger partial charge is 0.300 e. The predicted octanol–water partition coefficient (Wildman–Crippen LogP) is 0.918. The van der Waals surface area contributed by atoms with Crippen molar-refractivity contribution in [1.29, 1.82) is 0 Å². The number of pyridine rings is 1. The number of nitrogens with one attached hydrogen (secondary N) is 1. The van der Waals surface area contributed by atoms with Crippen LogP contribution in [0.25, 0.3) is 5.57 Å². The summed E-state index contributed by atoms with van der Waals surface area (Å²) in [4.78, 5) is 14.9. The molecule has 0 amide bonds. The quantitative estimate of drug-likeness (QED) is 0.855. The number of amidine groups is 1. The fourth-order valence-electron chi connectivity index (χ4n) is 2.14. The predicted molar refractivity (Wildman–Crippen MR) is 75.2 cm³/mol. The molecule has 2 aliphatic heterocycles. The van der Waals surface area contributed by atoms with E-state index in [4.69, 9.17) is 0 Å². The SMILES string of the molecule is CN(C)C1(C)N=CN=C2C(c3ccncc3)=CNN21. The molecule has 0 fully saturated rings. The first-order valence-corrected chi connectivity index (χ1v) is 6.09. The van der Waals surface area contributed by atoms with Crippen LogP contribution in [0.4, 0.5) is 0 Å². The first-order valence-electron chi connectivity index (χ1n) is 6.09. The van der Waals surface area contributed by atoms with Crippen molar-refractivity contribution in [3.05, 3.63) is 36.3 Å². The molecule has 0 spiro atoms. The maximum absolute atomic E-state index is 4.46. The van der Waals surface area contributed by atoms with Crippen LogP contribution in [0.15, 0.2) is 40.7 Å². The zero-order valence-corrected chi connectivity index (χ0v) is 11.2. The first kappa shape index (κ1) is 11.9. The summed E-state index contributed by atoms with van der Waals surface area (Å²) in [6, 6.07) is 3.94. The van der Waals surface area contributed by atoms with Crippen LogP contribution < -0.4 is 5.43 Å². The first-order chi connectivity index (χ1) is 9.13.